The fourth-order valence-corrected chi connectivity index (χ4v) is 9.39. The Kier molecular flexibility index (Phi) is 16.9. The first-order valence-corrected chi connectivity index (χ1v) is 20.8. The van der Waals surface area contributed by atoms with Crippen LogP contribution in [0.25, 0.3) is 0 Å². The van der Waals surface area contributed by atoms with Gasteiger partial charge >= 0.3 is 5.97 Å². The number of amides is 1. The Morgan fingerprint density at radius 3 is 2.21 bits per heavy atom. The van der Waals surface area contributed by atoms with Crippen LogP contribution in [0.4, 0.5) is 0 Å². The number of fused-ring (bicyclic) bond motifs is 3. The van der Waals surface area contributed by atoms with Crippen LogP contribution in [0.15, 0.2) is 23.3 Å². The van der Waals surface area contributed by atoms with E-state index in [4.69, 9.17) is 23.7 Å². The topological polar surface area (TPSA) is 178 Å². The van der Waals surface area contributed by atoms with E-state index in [1.807, 2.05) is 32.9 Å². The van der Waals surface area contributed by atoms with Crippen LogP contribution in [0.2, 0.25) is 0 Å². The summed E-state index contributed by atoms with van der Waals surface area (Å²) < 4.78 is 29.7. The number of hydrogen-bond acceptors (Lipinski definition) is 12. The van der Waals surface area contributed by atoms with E-state index in [0.717, 1.165) is 5.57 Å². The molecule has 4 aliphatic rings. The first-order valence-electron chi connectivity index (χ1n) is 20.8. The lowest BCUT2D eigenvalue weighted by Gasteiger charge is -2.47. The van der Waals surface area contributed by atoms with Crippen LogP contribution < -0.4 is 0 Å². The van der Waals surface area contributed by atoms with Crippen LogP contribution in [-0.4, -0.2) is 126 Å². The minimum atomic E-state index is -2.50. The number of carbonyl (C=O) groups is 4. The van der Waals surface area contributed by atoms with Gasteiger partial charge in [0.2, 0.25) is 5.79 Å². The highest BCUT2D eigenvalue weighted by atomic mass is 16.7. The molecule has 2 unspecified atom stereocenters. The fraction of sp³-hybridized carbons (Fsp3) is 0.814. The van der Waals surface area contributed by atoms with Gasteiger partial charge < -0.3 is 43.9 Å². The summed E-state index contributed by atoms with van der Waals surface area (Å²) in [5, 5.41) is 34.1. The van der Waals surface area contributed by atoms with E-state index >= 15 is 0 Å². The predicted molar refractivity (Wildman–Crippen MR) is 208 cm³/mol. The number of allylic oxidation sites excluding steroid dienone is 3. The second-order valence-electron chi connectivity index (χ2n) is 17.2. The Labute approximate surface area is 333 Å². The number of aliphatic hydroxyl groups excluding tert-OH is 2. The molecule has 1 saturated carbocycles. The van der Waals surface area contributed by atoms with Crippen molar-refractivity contribution in [1.82, 2.24) is 4.90 Å². The van der Waals surface area contributed by atoms with Crippen molar-refractivity contribution in [2.75, 3.05) is 27.9 Å². The molecule has 3 N–H and O–H groups in total. The van der Waals surface area contributed by atoms with Crippen molar-refractivity contribution in [3.8, 4) is 0 Å². The maximum atomic E-state index is 14.3. The number of piperidine rings is 1. The quantitative estimate of drug-likeness (QED) is 0.196. The number of esters is 1. The molecule has 3 heterocycles. The van der Waals surface area contributed by atoms with E-state index in [1.165, 1.54) is 19.1 Å². The number of Topliss-reactive ketones (excluding diaryl/α,β-unsaturated/α-hetero) is 2. The third-order valence-electron chi connectivity index (χ3n) is 12.9. The summed E-state index contributed by atoms with van der Waals surface area (Å²) in [5.41, 5.74) is 1.66. The molecule has 14 atom stereocenters. The molecule has 0 radical (unpaired) electrons. The highest BCUT2D eigenvalue weighted by molar-refractivity contribution is 6.39. The molecule has 2 bridgehead atoms. The smallest absolute Gasteiger partial charge is 0.329 e. The van der Waals surface area contributed by atoms with Crippen LogP contribution in [-0.2, 0) is 42.9 Å². The van der Waals surface area contributed by atoms with Gasteiger partial charge in [-0.2, -0.15) is 0 Å². The van der Waals surface area contributed by atoms with Crippen LogP contribution in [0.1, 0.15) is 112 Å². The van der Waals surface area contributed by atoms with Crippen molar-refractivity contribution in [3.05, 3.63) is 23.3 Å². The molecule has 0 aromatic carbocycles. The molecule has 4 rings (SSSR count). The van der Waals surface area contributed by atoms with Crippen molar-refractivity contribution < 1.29 is 58.2 Å². The molecule has 56 heavy (non-hydrogen) atoms. The number of carbonyl (C=O) groups excluding carboxylic acids is 4. The molecule has 3 fully saturated rings. The molecular weight excluding hydrogens is 722 g/mol. The average molecular weight is 792 g/mol. The van der Waals surface area contributed by atoms with Crippen molar-refractivity contribution in [3.63, 3.8) is 0 Å². The van der Waals surface area contributed by atoms with E-state index in [9.17, 15) is 34.5 Å². The van der Waals surface area contributed by atoms with Crippen LogP contribution >= 0.6 is 0 Å². The number of cyclic esters (lactones) is 1. The lowest BCUT2D eigenvalue weighted by Crippen LogP contribution is -2.64. The predicted octanol–water partition coefficient (Wildman–Crippen LogP) is 4.47. The Morgan fingerprint density at radius 2 is 1.57 bits per heavy atom. The van der Waals surface area contributed by atoms with Crippen LogP contribution in [0, 0.1) is 29.6 Å². The minimum Gasteiger partial charge on any atom is -0.456 e. The molecule has 0 aromatic rings. The Morgan fingerprint density at radius 1 is 0.911 bits per heavy atom. The van der Waals surface area contributed by atoms with E-state index in [1.54, 1.807) is 21.0 Å². The summed E-state index contributed by atoms with van der Waals surface area (Å²) in [6, 6.07) is -1.13. The third kappa shape index (κ3) is 10.7. The summed E-state index contributed by atoms with van der Waals surface area (Å²) in [6.07, 6.45) is 3.72. The van der Waals surface area contributed by atoms with E-state index < -0.39 is 83.9 Å². The van der Waals surface area contributed by atoms with Gasteiger partial charge in [-0.05, 0) is 95.5 Å². The number of methoxy groups -OCH3 is 3. The SMILES string of the molecule is CC[C@H]1/C=C(\C)C[C@H](C)CC(OC)[C@H]2O[C@@](O)(C(=O)C(=O)N3CCCC[C@H]3C(=O)O[C@H](/C(C)=C/C3CC[C@@H](O)[C@H](OC)C3)[C@H](C)[C@@H](O)CC1=O)[C@H](C)C[C@@H]2OC. The molecule has 0 aromatic heterocycles. The van der Waals surface area contributed by atoms with E-state index in [2.05, 4.69) is 6.92 Å². The van der Waals surface area contributed by atoms with Gasteiger partial charge in [0.15, 0.2) is 0 Å². The van der Waals surface area contributed by atoms with Gasteiger partial charge in [0.05, 0.1) is 30.5 Å². The first-order chi connectivity index (χ1) is 26.5. The highest BCUT2D eigenvalue weighted by Crippen LogP contribution is 2.39. The Hall–Kier alpha value is -2.52. The van der Waals surface area contributed by atoms with Crippen molar-refractivity contribution >= 4 is 23.4 Å². The number of ether oxygens (including phenoxy) is 5. The second-order valence-corrected chi connectivity index (χ2v) is 17.2. The molecule has 2 saturated heterocycles. The summed E-state index contributed by atoms with van der Waals surface area (Å²) in [6.45, 7) is 11.3. The van der Waals surface area contributed by atoms with Crippen molar-refractivity contribution in [2.45, 2.75) is 167 Å². The van der Waals surface area contributed by atoms with Crippen LogP contribution in [0.5, 0.6) is 0 Å². The van der Waals surface area contributed by atoms with Gasteiger partial charge in [0.25, 0.3) is 11.7 Å². The molecule has 13 nitrogen and oxygen atoms in total. The van der Waals surface area contributed by atoms with Gasteiger partial charge in [0, 0.05) is 52.0 Å². The van der Waals surface area contributed by atoms with E-state index in [-0.39, 0.29) is 49.5 Å². The lowest BCUT2D eigenvalue weighted by atomic mass is 9.81. The minimum absolute atomic E-state index is 0.000914. The monoisotopic (exact) mass is 791 g/mol. The zero-order valence-electron chi connectivity index (χ0n) is 35.1. The standard InChI is InChI=1S/C43H69NO12/c1-10-30-18-24(2)17-25(3)19-36(53-8)39-37(54-9)21-27(5)43(51,56-39)40(48)41(49)44-16-12-11-13-31(44)42(50)55-38(28(6)33(46)23-34(30)47)26(4)20-29-14-15-32(45)35(22-29)52-7/h18,20,25,27-33,35-39,45-46,51H,10-17,19,21-23H2,1-9H3/b24-18+,26-20+/t25-,27+,28+,29?,30-,31-,32+,33-,35+,36?,37-,38+,39+,43+/m0/s1. The number of hydrogen-bond donors (Lipinski definition) is 3. The van der Waals surface area contributed by atoms with Gasteiger partial charge in [-0.3, -0.25) is 14.4 Å². The summed E-state index contributed by atoms with van der Waals surface area (Å²) in [7, 11) is 4.63. The Bertz CT molecular complexity index is 1430. The molecule has 0 spiro atoms. The molecule has 13 heteroatoms. The van der Waals surface area contributed by atoms with E-state index in [0.29, 0.717) is 56.9 Å². The van der Waals surface area contributed by atoms with Gasteiger partial charge in [-0.15, -0.1) is 0 Å². The normalized spacial score (nSPS) is 41.6. The third-order valence-corrected chi connectivity index (χ3v) is 12.9. The number of rotatable bonds is 6. The number of ketones is 2. The maximum absolute atomic E-state index is 14.3. The molecule has 1 aliphatic carbocycles. The van der Waals surface area contributed by atoms with Gasteiger partial charge in [-0.25, -0.2) is 4.79 Å². The van der Waals surface area contributed by atoms with Crippen molar-refractivity contribution in [2.24, 2.45) is 29.6 Å². The summed E-state index contributed by atoms with van der Waals surface area (Å²) >= 11 is 0. The van der Waals surface area contributed by atoms with Gasteiger partial charge in [-0.1, -0.05) is 45.4 Å². The van der Waals surface area contributed by atoms with Crippen LogP contribution in [0.3, 0.4) is 0 Å². The zero-order chi connectivity index (χ0) is 41.5. The molecule has 318 valence electrons. The highest BCUT2D eigenvalue weighted by Gasteiger charge is 2.56. The van der Waals surface area contributed by atoms with Gasteiger partial charge in [0.1, 0.15) is 24.0 Å². The lowest BCUT2D eigenvalue weighted by molar-refractivity contribution is -0.302. The average Bonchev–Trinajstić information content (AvgIpc) is 3.18. The number of nitrogens with zero attached hydrogens (tertiary/aromatic N) is 1. The molecular formula is C43H69NO12. The summed E-state index contributed by atoms with van der Waals surface area (Å²) in [4.78, 5) is 57.6. The maximum Gasteiger partial charge on any atom is 0.329 e. The van der Waals surface area contributed by atoms with Crippen molar-refractivity contribution in [1.29, 1.82) is 0 Å². The summed E-state index contributed by atoms with van der Waals surface area (Å²) in [5.74, 6) is -7.50. The largest absolute Gasteiger partial charge is 0.456 e. The molecule has 1 amide bonds. The number of aliphatic hydroxyl groups is 3. The molecule has 3 aliphatic heterocycles. The second kappa shape index (κ2) is 20.4. The first kappa shape index (κ1) is 46.2. The Balaban J connectivity index is 1.76. The fourth-order valence-electron chi connectivity index (χ4n) is 9.39. The zero-order valence-corrected chi connectivity index (χ0v) is 35.1.